The number of thiophene rings is 1. The van der Waals surface area contributed by atoms with Crippen molar-refractivity contribution < 1.29 is 9.72 Å². The minimum absolute atomic E-state index is 0.0475. The van der Waals surface area contributed by atoms with Crippen molar-refractivity contribution in [3.8, 4) is 0 Å². The third-order valence-corrected chi connectivity index (χ3v) is 4.72. The molecule has 1 amide bonds. The number of aryl methyl sites for hydroxylation is 1. The van der Waals surface area contributed by atoms with Crippen molar-refractivity contribution in [3.63, 3.8) is 0 Å². The predicted octanol–water partition coefficient (Wildman–Crippen LogP) is 3.83. The van der Waals surface area contributed by atoms with E-state index in [1.165, 1.54) is 12.1 Å². The highest BCUT2D eigenvalue weighted by Crippen LogP contribution is 2.27. The SMILES string of the molecule is Cc1nc2ccc(NC(=O)c3ccc([N+](=O)[O-])s3)cc2s1. The first-order valence-electron chi connectivity index (χ1n) is 5.96. The Morgan fingerprint density at radius 3 is 2.81 bits per heavy atom. The van der Waals surface area contributed by atoms with Gasteiger partial charge in [-0.3, -0.25) is 14.9 Å². The fourth-order valence-corrected chi connectivity index (χ4v) is 3.44. The van der Waals surface area contributed by atoms with Gasteiger partial charge in [-0.1, -0.05) is 11.3 Å². The minimum atomic E-state index is -0.506. The van der Waals surface area contributed by atoms with Crippen LogP contribution in [-0.2, 0) is 0 Å². The van der Waals surface area contributed by atoms with Gasteiger partial charge in [0.2, 0.25) is 0 Å². The molecule has 3 rings (SSSR count). The van der Waals surface area contributed by atoms with Gasteiger partial charge in [-0.2, -0.15) is 0 Å². The Hall–Kier alpha value is -2.32. The largest absolute Gasteiger partial charge is 0.324 e. The molecule has 0 atom stereocenters. The number of benzene rings is 1. The summed E-state index contributed by atoms with van der Waals surface area (Å²) >= 11 is 2.40. The summed E-state index contributed by atoms with van der Waals surface area (Å²) in [6.07, 6.45) is 0. The van der Waals surface area contributed by atoms with E-state index < -0.39 is 4.92 Å². The molecular weight excluding hydrogens is 310 g/mol. The quantitative estimate of drug-likeness (QED) is 0.587. The summed E-state index contributed by atoms with van der Waals surface area (Å²) in [6, 6.07) is 8.23. The number of amides is 1. The van der Waals surface area contributed by atoms with Gasteiger partial charge in [-0.25, -0.2) is 4.98 Å². The lowest BCUT2D eigenvalue weighted by atomic mass is 10.3. The topological polar surface area (TPSA) is 85.1 Å². The summed E-state index contributed by atoms with van der Waals surface area (Å²) in [5.41, 5.74) is 1.54. The van der Waals surface area contributed by atoms with Crippen molar-refractivity contribution in [1.82, 2.24) is 4.98 Å². The minimum Gasteiger partial charge on any atom is -0.321 e. The molecule has 1 aromatic carbocycles. The van der Waals surface area contributed by atoms with Crippen LogP contribution in [0.1, 0.15) is 14.7 Å². The van der Waals surface area contributed by atoms with Crippen LogP contribution in [0.15, 0.2) is 30.3 Å². The molecule has 0 aliphatic heterocycles. The molecule has 2 heterocycles. The lowest BCUT2D eigenvalue weighted by molar-refractivity contribution is -0.380. The van der Waals surface area contributed by atoms with E-state index in [0.717, 1.165) is 26.6 Å². The van der Waals surface area contributed by atoms with E-state index in [4.69, 9.17) is 0 Å². The number of nitro groups is 1. The Morgan fingerprint density at radius 1 is 1.29 bits per heavy atom. The molecule has 0 aliphatic rings. The summed E-state index contributed by atoms with van der Waals surface area (Å²) in [4.78, 5) is 26.8. The second-order valence-corrected chi connectivity index (χ2v) is 6.56. The van der Waals surface area contributed by atoms with Crippen LogP contribution in [0.3, 0.4) is 0 Å². The second kappa shape index (κ2) is 5.23. The number of thiazole rings is 1. The van der Waals surface area contributed by atoms with Gasteiger partial charge >= 0.3 is 5.00 Å². The van der Waals surface area contributed by atoms with Gasteiger partial charge in [-0.15, -0.1) is 11.3 Å². The zero-order valence-electron chi connectivity index (χ0n) is 10.8. The molecule has 0 spiro atoms. The van der Waals surface area contributed by atoms with Crippen LogP contribution in [0.25, 0.3) is 10.2 Å². The average molecular weight is 319 g/mol. The van der Waals surface area contributed by atoms with Crippen LogP contribution < -0.4 is 5.32 Å². The lowest BCUT2D eigenvalue weighted by Gasteiger charge is -2.02. The fraction of sp³-hybridized carbons (Fsp3) is 0.0769. The van der Waals surface area contributed by atoms with E-state index in [9.17, 15) is 14.9 Å². The van der Waals surface area contributed by atoms with Crippen LogP contribution in [0.4, 0.5) is 10.7 Å². The van der Waals surface area contributed by atoms with Crippen LogP contribution in [0, 0.1) is 17.0 Å². The monoisotopic (exact) mass is 319 g/mol. The van der Waals surface area contributed by atoms with Crippen molar-refractivity contribution in [2.45, 2.75) is 6.92 Å². The van der Waals surface area contributed by atoms with Gasteiger partial charge in [0.1, 0.15) is 0 Å². The van der Waals surface area contributed by atoms with Gasteiger partial charge in [0.05, 0.1) is 25.0 Å². The Labute approximate surface area is 127 Å². The van der Waals surface area contributed by atoms with Crippen molar-refractivity contribution >= 4 is 49.5 Å². The summed E-state index contributed by atoms with van der Waals surface area (Å²) in [5.74, 6) is -0.353. The van der Waals surface area contributed by atoms with Crippen LogP contribution in [0.2, 0.25) is 0 Å². The highest BCUT2D eigenvalue weighted by Gasteiger charge is 2.15. The van der Waals surface area contributed by atoms with E-state index in [2.05, 4.69) is 10.3 Å². The Bertz CT molecular complexity index is 853. The van der Waals surface area contributed by atoms with Gasteiger partial charge in [-0.05, 0) is 31.2 Å². The average Bonchev–Trinajstić information content (AvgIpc) is 3.03. The fourth-order valence-electron chi connectivity index (χ4n) is 1.86. The molecule has 3 aromatic rings. The number of carbonyl (C=O) groups is 1. The number of hydrogen-bond acceptors (Lipinski definition) is 6. The summed E-state index contributed by atoms with van der Waals surface area (Å²) in [6.45, 7) is 1.92. The number of nitrogens with zero attached hydrogens (tertiary/aromatic N) is 2. The lowest BCUT2D eigenvalue weighted by Crippen LogP contribution is -2.09. The second-order valence-electron chi connectivity index (χ2n) is 4.26. The van der Waals surface area contributed by atoms with Crippen molar-refractivity contribution in [2.24, 2.45) is 0 Å². The molecule has 8 heteroatoms. The maximum absolute atomic E-state index is 12.1. The van der Waals surface area contributed by atoms with Crippen molar-refractivity contribution in [3.05, 3.63) is 50.3 Å². The third kappa shape index (κ3) is 2.76. The van der Waals surface area contributed by atoms with Crippen molar-refractivity contribution in [2.75, 3.05) is 5.32 Å². The normalized spacial score (nSPS) is 10.7. The zero-order chi connectivity index (χ0) is 15.0. The standard InChI is InChI=1S/C13H9N3O3S2/c1-7-14-9-3-2-8(6-11(9)20-7)15-13(17)10-4-5-12(21-10)16(18)19/h2-6H,1H3,(H,15,17). The number of hydrogen-bond donors (Lipinski definition) is 1. The highest BCUT2D eigenvalue weighted by atomic mass is 32.1. The molecule has 1 N–H and O–H groups in total. The molecule has 0 aliphatic carbocycles. The molecule has 2 aromatic heterocycles. The van der Waals surface area contributed by atoms with Gasteiger partial charge < -0.3 is 5.32 Å². The maximum Gasteiger partial charge on any atom is 0.324 e. The molecule has 0 unspecified atom stereocenters. The molecule has 0 fully saturated rings. The molecule has 106 valence electrons. The van der Waals surface area contributed by atoms with Crippen LogP contribution in [0.5, 0.6) is 0 Å². The summed E-state index contributed by atoms with van der Waals surface area (Å²) in [7, 11) is 0. The summed E-state index contributed by atoms with van der Waals surface area (Å²) < 4.78 is 0.988. The molecule has 0 saturated carbocycles. The van der Waals surface area contributed by atoms with E-state index >= 15 is 0 Å². The van der Waals surface area contributed by atoms with Crippen LogP contribution >= 0.6 is 22.7 Å². The van der Waals surface area contributed by atoms with E-state index in [1.54, 1.807) is 17.4 Å². The first kappa shape index (κ1) is 13.7. The number of anilines is 1. The highest BCUT2D eigenvalue weighted by molar-refractivity contribution is 7.18. The number of rotatable bonds is 3. The first-order chi connectivity index (χ1) is 10.0. The molecule has 21 heavy (non-hydrogen) atoms. The van der Waals surface area contributed by atoms with Crippen LogP contribution in [-0.4, -0.2) is 15.8 Å². The number of aromatic nitrogens is 1. The summed E-state index contributed by atoms with van der Waals surface area (Å²) in [5, 5.41) is 14.3. The molecule has 6 nitrogen and oxygen atoms in total. The molecule has 0 bridgehead atoms. The predicted molar refractivity (Wildman–Crippen MR) is 83.3 cm³/mol. The first-order valence-corrected chi connectivity index (χ1v) is 7.59. The van der Waals surface area contributed by atoms with Gasteiger partial charge in [0.25, 0.3) is 5.91 Å². The van der Waals surface area contributed by atoms with Crippen molar-refractivity contribution in [1.29, 1.82) is 0 Å². The number of carbonyl (C=O) groups excluding carboxylic acids is 1. The van der Waals surface area contributed by atoms with E-state index in [1.807, 2.05) is 19.1 Å². The molecule has 0 saturated heterocycles. The Balaban J connectivity index is 1.83. The van der Waals surface area contributed by atoms with E-state index in [-0.39, 0.29) is 10.9 Å². The van der Waals surface area contributed by atoms with Gasteiger partial charge in [0, 0.05) is 11.8 Å². The molecule has 0 radical (unpaired) electrons. The van der Waals surface area contributed by atoms with Gasteiger partial charge in [0.15, 0.2) is 0 Å². The molecular formula is C13H9N3O3S2. The Kier molecular flexibility index (Phi) is 3.40. The number of nitrogens with one attached hydrogen (secondary N) is 1. The third-order valence-electron chi connectivity index (χ3n) is 2.75. The van der Waals surface area contributed by atoms with E-state index in [0.29, 0.717) is 10.6 Å². The maximum atomic E-state index is 12.1. The zero-order valence-corrected chi connectivity index (χ0v) is 12.5. The Morgan fingerprint density at radius 2 is 2.10 bits per heavy atom. The smallest absolute Gasteiger partial charge is 0.321 e. The number of fused-ring (bicyclic) bond motifs is 1.